The smallest absolute Gasteiger partial charge is 0.222 e. The highest BCUT2D eigenvalue weighted by molar-refractivity contribution is 5.76. The average molecular weight is 224 g/mol. The van der Waals surface area contributed by atoms with E-state index in [1.54, 1.807) is 0 Å². The molecule has 2 aliphatic rings. The van der Waals surface area contributed by atoms with Gasteiger partial charge in [0.1, 0.15) is 0 Å². The van der Waals surface area contributed by atoms with Crippen LogP contribution >= 0.6 is 0 Å². The summed E-state index contributed by atoms with van der Waals surface area (Å²) in [5.74, 6) is 0.373. The van der Waals surface area contributed by atoms with Crippen LogP contribution in [0, 0.1) is 0 Å². The van der Waals surface area contributed by atoms with Gasteiger partial charge in [-0.25, -0.2) is 0 Å². The second-order valence-electron chi connectivity index (χ2n) is 5.17. The molecule has 0 aromatic heterocycles. The third-order valence-electron chi connectivity index (χ3n) is 3.60. The maximum atomic E-state index is 12.0. The molecule has 1 saturated carbocycles. The number of nitrogens with one attached hydrogen (secondary N) is 1. The fraction of sp³-hybridized carbons (Fsp3) is 0.923. The number of amides is 1. The molecule has 1 unspecified atom stereocenters. The number of hydrogen-bond donors (Lipinski definition) is 1. The Morgan fingerprint density at radius 3 is 2.69 bits per heavy atom. The van der Waals surface area contributed by atoms with Crippen molar-refractivity contribution in [2.45, 2.75) is 64.0 Å². The minimum atomic E-state index is 0.373. The van der Waals surface area contributed by atoms with Crippen molar-refractivity contribution in [1.82, 2.24) is 10.2 Å². The molecule has 1 saturated heterocycles. The van der Waals surface area contributed by atoms with E-state index in [0.29, 0.717) is 18.0 Å². The van der Waals surface area contributed by atoms with Crippen LogP contribution in [0.15, 0.2) is 0 Å². The summed E-state index contributed by atoms with van der Waals surface area (Å²) in [6, 6.07) is 1.12. The third kappa shape index (κ3) is 3.21. The Morgan fingerprint density at radius 1 is 1.31 bits per heavy atom. The van der Waals surface area contributed by atoms with Crippen molar-refractivity contribution in [3.05, 3.63) is 0 Å². The Kier molecular flexibility index (Phi) is 4.22. The summed E-state index contributed by atoms with van der Waals surface area (Å²) >= 11 is 0. The summed E-state index contributed by atoms with van der Waals surface area (Å²) < 4.78 is 0. The van der Waals surface area contributed by atoms with Crippen molar-refractivity contribution < 1.29 is 4.79 Å². The first-order valence-electron chi connectivity index (χ1n) is 6.84. The van der Waals surface area contributed by atoms with E-state index in [2.05, 4.69) is 17.1 Å². The first kappa shape index (κ1) is 11.9. The highest BCUT2D eigenvalue weighted by atomic mass is 16.2. The predicted octanol–water partition coefficient (Wildman–Crippen LogP) is 1.92. The number of piperidine rings is 1. The van der Waals surface area contributed by atoms with Crippen LogP contribution in [-0.4, -0.2) is 36.0 Å². The van der Waals surface area contributed by atoms with E-state index in [1.807, 2.05) is 0 Å². The predicted molar refractivity (Wildman–Crippen MR) is 65.3 cm³/mol. The molecule has 92 valence electrons. The first-order chi connectivity index (χ1) is 7.81. The molecule has 2 rings (SSSR count). The van der Waals surface area contributed by atoms with Crippen molar-refractivity contribution in [2.24, 2.45) is 0 Å². The Bertz CT molecular complexity index is 232. The lowest BCUT2D eigenvalue weighted by Gasteiger charge is -2.30. The SMILES string of the molecule is CCCC(=O)N(CC1CCCCN1)C1CC1. The van der Waals surface area contributed by atoms with Crippen LogP contribution in [-0.2, 0) is 4.79 Å². The van der Waals surface area contributed by atoms with Gasteiger partial charge in [0, 0.05) is 25.0 Å². The van der Waals surface area contributed by atoms with E-state index in [4.69, 9.17) is 0 Å². The van der Waals surface area contributed by atoms with E-state index in [0.717, 1.165) is 25.9 Å². The fourth-order valence-corrected chi connectivity index (χ4v) is 2.52. The Labute approximate surface area is 98.6 Å². The van der Waals surface area contributed by atoms with E-state index in [-0.39, 0.29) is 0 Å². The largest absolute Gasteiger partial charge is 0.338 e. The van der Waals surface area contributed by atoms with Crippen LogP contribution < -0.4 is 5.32 Å². The van der Waals surface area contributed by atoms with Gasteiger partial charge in [-0.3, -0.25) is 4.79 Å². The number of nitrogens with zero attached hydrogens (tertiary/aromatic N) is 1. The molecule has 0 aromatic rings. The lowest BCUT2D eigenvalue weighted by atomic mass is 10.0. The summed E-state index contributed by atoms with van der Waals surface area (Å²) in [6.07, 6.45) is 8.00. The molecule has 1 aliphatic heterocycles. The summed E-state index contributed by atoms with van der Waals surface area (Å²) in [5, 5.41) is 3.54. The van der Waals surface area contributed by atoms with Gasteiger partial charge in [-0.2, -0.15) is 0 Å². The van der Waals surface area contributed by atoms with E-state index in [1.165, 1.54) is 32.1 Å². The van der Waals surface area contributed by atoms with Crippen LogP contribution in [0.1, 0.15) is 51.9 Å². The molecule has 0 aromatic carbocycles. The van der Waals surface area contributed by atoms with E-state index < -0.39 is 0 Å². The molecule has 1 heterocycles. The van der Waals surface area contributed by atoms with Crippen LogP contribution in [0.3, 0.4) is 0 Å². The van der Waals surface area contributed by atoms with E-state index >= 15 is 0 Å². The summed E-state index contributed by atoms with van der Waals surface area (Å²) in [7, 11) is 0. The summed E-state index contributed by atoms with van der Waals surface area (Å²) in [6.45, 7) is 4.16. The van der Waals surface area contributed by atoms with Crippen molar-refractivity contribution in [2.75, 3.05) is 13.1 Å². The third-order valence-corrected chi connectivity index (χ3v) is 3.60. The van der Waals surface area contributed by atoms with Gasteiger partial charge < -0.3 is 10.2 Å². The van der Waals surface area contributed by atoms with Gasteiger partial charge >= 0.3 is 0 Å². The van der Waals surface area contributed by atoms with Crippen LogP contribution in [0.2, 0.25) is 0 Å². The molecule has 1 aliphatic carbocycles. The van der Waals surface area contributed by atoms with Crippen molar-refractivity contribution in [3.63, 3.8) is 0 Å². The first-order valence-corrected chi connectivity index (χ1v) is 6.84. The maximum absolute atomic E-state index is 12.0. The van der Waals surface area contributed by atoms with Gasteiger partial charge in [-0.1, -0.05) is 13.3 Å². The number of hydrogen-bond acceptors (Lipinski definition) is 2. The molecule has 16 heavy (non-hydrogen) atoms. The normalized spacial score (nSPS) is 25.4. The zero-order valence-corrected chi connectivity index (χ0v) is 10.4. The van der Waals surface area contributed by atoms with Crippen LogP contribution in [0.4, 0.5) is 0 Å². The molecule has 1 atom stereocenters. The molecule has 0 radical (unpaired) electrons. The van der Waals surface area contributed by atoms with Gasteiger partial charge in [-0.05, 0) is 38.6 Å². The van der Waals surface area contributed by atoms with Gasteiger partial charge in [0.05, 0.1) is 0 Å². The number of carbonyl (C=O) groups is 1. The molecule has 0 spiro atoms. The summed E-state index contributed by atoms with van der Waals surface area (Å²) in [4.78, 5) is 14.1. The Balaban J connectivity index is 1.83. The monoisotopic (exact) mass is 224 g/mol. The molecule has 1 N–H and O–H groups in total. The highest BCUT2D eigenvalue weighted by Crippen LogP contribution is 2.28. The summed E-state index contributed by atoms with van der Waals surface area (Å²) in [5.41, 5.74) is 0. The van der Waals surface area contributed by atoms with Crippen molar-refractivity contribution >= 4 is 5.91 Å². The quantitative estimate of drug-likeness (QED) is 0.774. The molecule has 3 heteroatoms. The van der Waals surface area contributed by atoms with Crippen LogP contribution in [0.25, 0.3) is 0 Å². The van der Waals surface area contributed by atoms with Gasteiger partial charge in [0.2, 0.25) is 5.91 Å². The highest BCUT2D eigenvalue weighted by Gasteiger charge is 2.33. The minimum Gasteiger partial charge on any atom is -0.338 e. The van der Waals surface area contributed by atoms with Crippen LogP contribution in [0.5, 0.6) is 0 Å². The van der Waals surface area contributed by atoms with E-state index in [9.17, 15) is 4.79 Å². The topological polar surface area (TPSA) is 32.3 Å². The second kappa shape index (κ2) is 5.67. The number of carbonyl (C=O) groups excluding carboxylic acids is 1. The average Bonchev–Trinajstić information content (AvgIpc) is 3.11. The molecule has 0 bridgehead atoms. The molecular formula is C13H24N2O. The molecule has 3 nitrogen and oxygen atoms in total. The zero-order valence-electron chi connectivity index (χ0n) is 10.4. The zero-order chi connectivity index (χ0) is 11.4. The lowest BCUT2D eigenvalue weighted by Crippen LogP contribution is -2.46. The Morgan fingerprint density at radius 2 is 2.12 bits per heavy atom. The fourth-order valence-electron chi connectivity index (χ4n) is 2.52. The van der Waals surface area contributed by atoms with Gasteiger partial charge in [0.15, 0.2) is 0 Å². The standard InChI is InChI=1S/C13H24N2O/c1-2-5-13(16)15(12-7-8-12)10-11-6-3-4-9-14-11/h11-12,14H,2-10H2,1H3. The number of rotatable bonds is 5. The second-order valence-corrected chi connectivity index (χ2v) is 5.17. The van der Waals surface area contributed by atoms with Gasteiger partial charge in [-0.15, -0.1) is 0 Å². The maximum Gasteiger partial charge on any atom is 0.222 e. The molecular weight excluding hydrogens is 200 g/mol. The molecule has 1 amide bonds. The van der Waals surface area contributed by atoms with Gasteiger partial charge in [0.25, 0.3) is 0 Å². The Hall–Kier alpha value is -0.570. The lowest BCUT2D eigenvalue weighted by molar-refractivity contribution is -0.132. The van der Waals surface area contributed by atoms with Crippen molar-refractivity contribution in [1.29, 1.82) is 0 Å². The molecule has 2 fully saturated rings. The minimum absolute atomic E-state index is 0.373. The van der Waals surface area contributed by atoms with Crippen molar-refractivity contribution in [3.8, 4) is 0 Å².